The lowest BCUT2D eigenvalue weighted by molar-refractivity contribution is 0.208. The van der Waals surface area contributed by atoms with Gasteiger partial charge < -0.3 is 5.11 Å². The van der Waals surface area contributed by atoms with Crippen LogP contribution in [0.3, 0.4) is 0 Å². The van der Waals surface area contributed by atoms with E-state index in [2.05, 4.69) is 30.3 Å². The summed E-state index contributed by atoms with van der Waals surface area (Å²) in [5.41, 5.74) is 0. The molecule has 18 heavy (non-hydrogen) atoms. The van der Waals surface area contributed by atoms with Crippen LogP contribution in [0.1, 0.15) is 39.0 Å². The van der Waals surface area contributed by atoms with E-state index in [1.165, 1.54) is 0 Å². The molecule has 0 rings (SSSR count). The van der Waals surface area contributed by atoms with Crippen LogP contribution in [0, 0.1) is 23.7 Å². The molecule has 1 heteroatoms. The third kappa shape index (κ3) is 12.4. The standard InChI is InChI=1S/C17H22O/c1-3-5-7-9-10-12-14-16-17(18)15-13-11-8-6-4-2/h3-5,14,16-18H,2,6,8,11,13,15H2,1H3/b5-3+,16-14+. The summed E-state index contributed by atoms with van der Waals surface area (Å²) in [4.78, 5) is 0. The van der Waals surface area contributed by atoms with Crippen LogP contribution in [0.15, 0.2) is 37.0 Å². The van der Waals surface area contributed by atoms with Crippen molar-refractivity contribution in [3.8, 4) is 23.7 Å². The van der Waals surface area contributed by atoms with E-state index in [1.54, 1.807) is 18.2 Å². The fraction of sp³-hybridized carbons (Fsp3) is 0.412. The highest BCUT2D eigenvalue weighted by Crippen LogP contribution is 2.06. The second-order valence-corrected chi connectivity index (χ2v) is 3.89. The molecule has 1 unspecified atom stereocenters. The molecule has 0 radical (unpaired) electrons. The van der Waals surface area contributed by atoms with Gasteiger partial charge in [-0.3, -0.25) is 0 Å². The van der Waals surface area contributed by atoms with Crippen molar-refractivity contribution in [1.82, 2.24) is 0 Å². The van der Waals surface area contributed by atoms with Crippen molar-refractivity contribution in [1.29, 1.82) is 0 Å². The van der Waals surface area contributed by atoms with E-state index >= 15 is 0 Å². The molecule has 0 aromatic rings. The summed E-state index contributed by atoms with van der Waals surface area (Å²) in [5, 5.41) is 9.62. The van der Waals surface area contributed by atoms with Crippen molar-refractivity contribution in [3.05, 3.63) is 37.0 Å². The first-order chi connectivity index (χ1) is 8.81. The maximum atomic E-state index is 9.62. The average molecular weight is 242 g/mol. The third-order valence-electron chi connectivity index (χ3n) is 2.27. The highest BCUT2D eigenvalue weighted by Gasteiger charge is 1.97. The molecule has 0 aliphatic carbocycles. The SMILES string of the molecule is C=CCCCCCC(O)/C=C/C#CC#C/C=C/C. The first-order valence-electron chi connectivity index (χ1n) is 6.39. The maximum Gasteiger partial charge on any atom is 0.0730 e. The van der Waals surface area contributed by atoms with E-state index in [0.29, 0.717) is 0 Å². The number of rotatable bonds is 7. The molecule has 0 saturated carbocycles. The van der Waals surface area contributed by atoms with Gasteiger partial charge in [0.1, 0.15) is 0 Å². The molecule has 0 heterocycles. The molecule has 0 aromatic heterocycles. The number of unbranched alkanes of at least 4 members (excludes halogenated alkanes) is 3. The van der Waals surface area contributed by atoms with Crippen molar-refractivity contribution in [2.75, 3.05) is 0 Å². The smallest absolute Gasteiger partial charge is 0.0730 e. The fourth-order valence-corrected chi connectivity index (χ4v) is 1.31. The van der Waals surface area contributed by atoms with Crippen molar-refractivity contribution in [3.63, 3.8) is 0 Å². The van der Waals surface area contributed by atoms with Gasteiger partial charge in [0.15, 0.2) is 0 Å². The van der Waals surface area contributed by atoms with Crippen molar-refractivity contribution in [2.45, 2.75) is 45.1 Å². The molecule has 0 aliphatic heterocycles. The monoisotopic (exact) mass is 242 g/mol. The summed E-state index contributed by atoms with van der Waals surface area (Å²) >= 11 is 0. The second-order valence-electron chi connectivity index (χ2n) is 3.89. The normalized spacial score (nSPS) is 11.7. The van der Waals surface area contributed by atoms with E-state index in [4.69, 9.17) is 0 Å². The largest absolute Gasteiger partial charge is 0.389 e. The van der Waals surface area contributed by atoms with Gasteiger partial charge >= 0.3 is 0 Å². The minimum Gasteiger partial charge on any atom is -0.389 e. The van der Waals surface area contributed by atoms with E-state index in [-0.39, 0.29) is 0 Å². The predicted octanol–water partition coefficient (Wildman–Crippen LogP) is 3.62. The van der Waals surface area contributed by atoms with Gasteiger partial charge in [-0.1, -0.05) is 36.8 Å². The minimum atomic E-state index is -0.397. The van der Waals surface area contributed by atoms with Crippen LogP contribution in [-0.2, 0) is 0 Å². The Bertz CT molecular complexity index is 379. The van der Waals surface area contributed by atoms with Gasteiger partial charge in [0.2, 0.25) is 0 Å². The zero-order valence-corrected chi connectivity index (χ0v) is 11.2. The third-order valence-corrected chi connectivity index (χ3v) is 2.27. The number of hydrogen-bond acceptors (Lipinski definition) is 1. The molecular weight excluding hydrogens is 220 g/mol. The Labute approximate surface area is 111 Å². The van der Waals surface area contributed by atoms with Crippen LogP contribution in [0.4, 0.5) is 0 Å². The van der Waals surface area contributed by atoms with Gasteiger partial charge in [0.05, 0.1) is 6.10 Å². The van der Waals surface area contributed by atoms with E-state index in [1.807, 2.05) is 19.1 Å². The van der Waals surface area contributed by atoms with Crippen molar-refractivity contribution < 1.29 is 5.11 Å². The first-order valence-corrected chi connectivity index (χ1v) is 6.39. The van der Waals surface area contributed by atoms with E-state index in [9.17, 15) is 5.11 Å². The highest BCUT2D eigenvalue weighted by molar-refractivity contribution is 5.33. The molecule has 0 saturated heterocycles. The number of hydrogen-bond donors (Lipinski definition) is 1. The Morgan fingerprint density at radius 1 is 1.11 bits per heavy atom. The second kappa shape index (κ2) is 13.4. The minimum absolute atomic E-state index is 0.397. The van der Waals surface area contributed by atoms with Crippen molar-refractivity contribution >= 4 is 0 Å². The quantitative estimate of drug-likeness (QED) is 0.411. The van der Waals surface area contributed by atoms with Crippen LogP contribution in [0.5, 0.6) is 0 Å². The summed E-state index contributed by atoms with van der Waals surface area (Å²) in [6, 6.07) is 0. The molecular formula is C17H22O. The first kappa shape index (κ1) is 16.3. The maximum absolute atomic E-state index is 9.62. The molecule has 0 fully saturated rings. The molecule has 1 N–H and O–H groups in total. The summed E-state index contributed by atoms with van der Waals surface area (Å²) in [7, 11) is 0. The summed E-state index contributed by atoms with van der Waals surface area (Å²) in [5.74, 6) is 10.9. The van der Waals surface area contributed by atoms with E-state index < -0.39 is 6.10 Å². The molecule has 0 amide bonds. The molecule has 1 atom stereocenters. The van der Waals surface area contributed by atoms with Gasteiger partial charge in [0, 0.05) is 0 Å². The molecule has 1 nitrogen and oxygen atoms in total. The average Bonchev–Trinajstić information content (AvgIpc) is 2.37. The molecule has 0 bridgehead atoms. The van der Waals surface area contributed by atoms with Crippen LogP contribution in [-0.4, -0.2) is 11.2 Å². The van der Waals surface area contributed by atoms with Crippen LogP contribution in [0.2, 0.25) is 0 Å². The zero-order valence-electron chi connectivity index (χ0n) is 11.2. The molecule has 0 spiro atoms. The Kier molecular flexibility index (Phi) is 12.1. The van der Waals surface area contributed by atoms with Crippen LogP contribution in [0.25, 0.3) is 0 Å². The Morgan fingerprint density at radius 2 is 1.83 bits per heavy atom. The Morgan fingerprint density at radius 3 is 2.50 bits per heavy atom. The Balaban J connectivity index is 3.71. The molecule has 96 valence electrons. The van der Waals surface area contributed by atoms with E-state index in [0.717, 1.165) is 32.1 Å². The number of aliphatic hydroxyl groups excluding tert-OH is 1. The molecule has 0 aliphatic rings. The lowest BCUT2D eigenvalue weighted by Gasteiger charge is -2.03. The van der Waals surface area contributed by atoms with Crippen LogP contribution >= 0.6 is 0 Å². The highest BCUT2D eigenvalue weighted by atomic mass is 16.3. The van der Waals surface area contributed by atoms with Gasteiger partial charge in [-0.2, -0.15) is 0 Å². The number of aliphatic hydroxyl groups is 1. The summed E-state index contributed by atoms with van der Waals surface area (Å²) < 4.78 is 0. The van der Waals surface area contributed by atoms with Crippen molar-refractivity contribution in [2.24, 2.45) is 0 Å². The number of allylic oxidation sites excluding steroid dienone is 4. The van der Waals surface area contributed by atoms with Gasteiger partial charge in [0.25, 0.3) is 0 Å². The topological polar surface area (TPSA) is 20.2 Å². The zero-order chi connectivity index (χ0) is 13.5. The predicted molar refractivity (Wildman–Crippen MR) is 78.8 cm³/mol. The molecule has 0 aromatic carbocycles. The Hall–Kier alpha value is -1.70. The van der Waals surface area contributed by atoms with Gasteiger partial charge in [-0.05, 0) is 56.3 Å². The summed E-state index contributed by atoms with van der Waals surface area (Å²) in [6.45, 7) is 5.59. The van der Waals surface area contributed by atoms with Gasteiger partial charge in [-0.15, -0.1) is 6.58 Å². The lowest BCUT2D eigenvalue weighted by Crippen LogP contribution is -2.01. The van der Waals surface area contributed by atoms with Crippen LogP contribution < -0.4 is 0 Å². The van der Waals surface area contributed by atoms with Gasteiger partial charge in [-0.25, -0.2) is 0 Å². The fourth-order valence-electron chi connectivity index (χ4n) is 1.31. The summed E-state index contributed by atoms with van der Waals surface area (Å²) in [6.07, 6.45) is 13.7. The lowest BCUT2D eigenvalue weighted by atomic mass is 10.1.